The van der Waals surface area contributed by atoms with Crippen molar-refractivity contribution in [2.75, 3.05) is 26.2 Å². The van der Waals surface area contributed by atoms with Gasteiger partial charge in [-0.1, -0.05) is 25.0 Å². The number of amides is 1. The summed E-state index contributed by atoms with van der Waals surface area (Å²) in [4.78, 5) is 19.0. The fraction of sp³-hybridized carbons (Fsp3) is 0.619. The molecule has 2 unspecified atom stereocenters. The molecular formula is C21H31FN4O2. The van der Waals surface area contributed by atoms with Crippen molar-refractivity contribution in [1.29, 1.82) is 0 Å². The van der Waals surface area contributed by atoms with Gasteiger partial charge in [-0.25, -0.2) is 4.39 Å². The molecule has 0 bridgehead atoms. The van der Waals surface area contributed by atoms with Crippen molar-refractivity contribution in [3.63, 3.8) is 0 Å². The van der Waals surface area contributed by atoms with Crippen LogP contribution in [0.4, 0.5) is 4.39 Å². The highest BCUT2D eigenvalue weighted by molar-refractivity contribution is 5.81. The van der Waals surface area contributed by atoms with Crippen molar-refractivity contribution in [2.24, 2.45) is 10.9 Å². The first-order valence-corrected chi connectivity index (χ1v) is 10.3. The van der Waals surface area contributed by atoms with Crippen LogP contribution in [0.25, 0.3) is 0 Å². The summed E-state index contributed by atoms with van der Waals surface area (Å²) in [5.74, 6) is 0.818. The van der Waals surface area contributed by atoms with Crippen LogP contribution in [0, 0.1) is 11.7 Å². The normalized spacial score (nSPS) is 21.8. The summed E-state index contributed by atoms with van der Waals surface area (Å²) < 4.78 is 13.0. The number of aliphatic hydroxyl groups excluding tert-OH is 1. The molecule has 0 spiro atoms. The summed E-state index contributed by atoms with van der Waals surface area (Å²) in [6, 6.07) is 5.96. The number of hydrogen-bond donors (Lipinski definition) is 3. The number of hydrogen-bond acceptors (Lipinski definition) is 3. The Morgan fingerprint density at radius 3 is 2.68 bits per heavy atom. The summed E-state index contributed by atoms with van der Waals surface area (Å²) in [5.41, 5.74) is 0.634. The lowest BCUT2D eigenvalue weighted by Crippen LogP contribution is -2.45. The van der Waals surface area contributed by atoms with E-state index >= 15 is 0 Å². The third-order valence-electron chi connectivity index (χ3n) is 5.57. The summed E-state index contributed by atoms with van der Waals surface area (Å²) >= 11 is 0. The van der Waals surface area contributed by atoms with Crippen LogP contribution < -0.4 is 10.6 Å². The number of guanidine groups is 1. The van der Waals surface area contributed by atoms with E-state index in [2.05, 4.69) is 15.6 Å². The van der Waals surface area contributed by atoms with E-state index < -0.39 is 6.10 Å². The minimum Gasteiger partial charge on any atom is -0.386 e. The number of aliphatic imine (C=N–C) groups is 1. The van der Waals surface area contributed by atoms with Crippen molar-refractivity contribution in [1.82, 2.24) is 15.5 Å². The predicted octanol–water partition coefficient (Wildman–Crippen LogP) is 2.21. The van der Waals surface area contributed by atoms with Gasteiger partial charge in [0.25, 0.3) is 0 Å². The van der Waals surface area contributed by atoms with Crippen LogP contribution in [-0.4, -0.2) is 54.1 Å². The summed E-state index contributed by atoms with van der Waals surface area (Å²) in [5, 5.41) is 16.9. The lowest BCUT2D eigenvalue weighted by Gasteiger charge is -2.21. The van der Waals surface area contributed by atoms with E-state index in [-0.39, 0.29) is 24.3 Å². The Kier molecular flexibility index (Phi) is 7.25. The molecule has 0 aromatic heterocycles. The van der Waals surface area contributed by atoms with Crippen molar-refractivity contribution in [2.45, 2.75) is 51.2 Å². The van der Waals surface area contributed by atoms with E-state index in [1.807, 2.05) is 11.8 Å². The van der Waals surface area contributed by atoms with Gasteiger partial charge in [0.2, 0.25) is 5.91 Å². The number of halogens is 1. The number of benzene rings is 1. The van der Waals surface area contributed by atoms with Gasteiger partial charge < -0.3 is 20.6 Å². The summed E-state index contributed by atoms with van der Waals surface area (Å²) in [7, 11) is 0. The Labute approximate surface area is 166 Å². The maximum Gasteiger partial charge on any atom is 0.225 e. The number of rotatable bonds is 6. The van der Waals surface area contributed by atoms with Gasteiger partial charge in [-0.15, -0.1) is 0 Å². The molecule has 154 valence electrons. The molecule has 1 aliphatic heterocycles. The fourth-order valence-electron chi connectivity index (χ4n) is 3.99. The average Bonchev–Trinajstić information content (AvgIpc) is 3.38. The number of carbonyl (C=O) groups is 1. The molecule has 6 nitrogen and oxygen atoms in total. The summed E-state index contributed by atoms with van der Waals surface area (Å²) in [6.07, 6.45) is 4.49. The van der Waals surface area contributed by atoms with Gasteiger partial charge in [0, 0.05) is 31.6 Å². The third kappa shape index (κ3) is 5.44. The minimum absolute atomic E-state index is 0.158. The van der Waals surface area contributed by atoms with Crippen molar-refractivity contribution < 1.29 is 14.3 Å². The average molecular weight is 391 g/mol. The fourth-order valence-corrected chi connectivity index (χ4v) is 3.99. The monoisotopic (exact) mass is 390 g/mol. The second kappa shape index (κ2) is 9.87. The highest BCUT2D eigenvalue weighted by atomic mass is 19.1. The smallest absolute Gasteiger partial charge is 0.225 e. The highest BCUT2D eigenvalue weighted by Crippen LogP contribution is 2.27. The molecule has 2 fully saturated rings. The second-order valence-electron chi connectivity index (χ2n) is 7.68. The number of aliphatic hydroxyl groups is 1. The highest BCUT2D eigenvalue weighted by Gasteiger charge is 2.32. The first kappa shape index (κ1) is 20.6. The maximum absolute atomic E-state index is 13.0. The Morgan fingerprint density at radius 2 is 2.00 bits per heavy atom. The molecular weight excluding hydrogens is 359 g/mol. The van der Waals surface area contributed by atoms with Crippen LogP contribution >= 0.6 is 0 Å². The van der Waals surface area contributed by atoms with Crippen LogP contribution in [0.2, 0.25) is 0 Å². The zero-order chi connectivity index (χ0) is 19.9. The molecule has 7 heteroatoms. The molecule has 1 heterocycles. The Hall–Kier alpha value is -2.15. The molecule has 1 amide bonds. The molecule has 0 radical (unpaired) electrons. The van der Waals surface area contributed by atoms with Crippen molar-refractivity contribution in [3.8, 4) is 0 Å². The number of nitrogens with one attached hydrogen (secondary N) is 2. The third-order valence-corrected chi connectivity index (χ3v) is 5.57. The Bertz CT molecular complexity index is 673. The Balaban J connectivity index is 1.53. The summed E-state index contributed by atoms with van der Waals surface area (Å²) in [6.45, 7) is 4.34. The van der Waals surface area contributed by atoms with Crippen LogP contribution in [0.15, 0.2) is 29.3 Å². The number of carbonyl (C=O) groups excluding carboxylic acids is 1. The van der Waals surface area contributed by atoms with Crippen molar-refractivity contribution >= 4 is 11.9 Å². The largest absolute Gasteiger partial charge is 0.386 e. The zero-order valence-corrected chi connectivity index (χ0v) is 16.5. The molecule has 2 atom stereocenters. The predicted molar refractivity (Wildman–Crippen MR) is 107 cm³/mol. The van der Waals surface area contributed by atoms with Crippen LogP contribution in [-0.2, 0) is 4.79 Å². The van der Waals surface area contributed by atoms with Gasteiger partial charge in [-0.05, 0) is 43.9 Å². The van der Waals surface area contributed by atoms with Gasteiger partial charge in [-0.3, -0.25) is 9.79 Å². The van der Waals surface area contributed by atoms with E-state index in [0.717, 1.165) is 25.8 Å². The van der Waals surface area contributed by atoms with Crippen molar-refractivity contribution in [3.05, 3.63) is 35.6 Å². The Morgan fingerprint density at radius 1 is 1.29 bits per heavy atom. The van der Waals surface area contributed by atoms with E-state index in [1.165, 1.54) is 25.0 Å². The lowest BCUT2D eigenvalue weighted by atomic mass is 10.1. The van der Waals surface area contributed by atoms with Crippen LogP contribution in [0.5, 0.6) is 0 Å². The van der Waals surface area contributed by atoms with E-state index in [4.69, 9.17) is 0 Å². The quantitative estimate of drug-likeness (QED) is 0.514. The van der Waals surface area contributed by atoms with Gasteiger partial charge >= 0.3 is 0 Å². The van der Waals surface area contributed by atoms with E-state index in [9.17, 15) is 14.3 Å². The molecule has 1 aliphatic carbocycles. The first-order chi connectivity index (χ1) is 13.6. The molecule has 1 saturated carbocycles. The van der Waals surface area contributed by atoms with Gasteiger partial charge in [0.15, 0.2) is 5.96 Å². The number of likely N-dealkylation sites (tertiary alicyclic amines) is 1. The first-order valence-electron chi connectivity index (χ1n) is 10.3. The van der Waals surface area contributed by atoms with Gasteiger partial charge in [0.1, 0.15) is 5.82 Å². The lowest BCUT2D eigenvalue weighted by molar-refractivity contribution is -0.134. The molecule has 1 aromatic carbocycles. The molecule has 3 N–H and O–H groups in total. The van der Waals surface area contributed by atoms with E-state index in [1.54, 1.807) is 12.1 Å². The molecule has 3 rings (SSSR count). The van der Waals surface area contributed by atoms with Gasteiger partial charge in [-0.2, -0.15) is 0 Å². The SMILES string of the molecule is CCNC(=NCC(O)c1ccc(F)cc1)NC1CCN(C(=O)C2CCCC2)C1. The molecule has 2 aliphatic rings. The zero-order valence-electron chi connectivity index (χ0n) is 16.5. The van der Waals surface area contributed by atoms with Crippen LogP contribution in [0.3, 0.4) is 0 Å². The molecule has 1 saturated heterocycles. The van der Waals surface area contributed by atoms with Crippen LogP contribution in [0.1, 0.15) is 50.7 Å². The maximum atomic E-state index is 13.0. The standard InChI is InChI=1S/C21H31FN4O2/c1-2-23-21(24-13-19(27)15-7-9-17(22)10-8-15)25-18-11-12-26(14-18)20(28)16-5-3-4-6-16/h7-10,16,18-19,27H,2-6,11-14H2,1H3,(H2,23,24,25). The molecule has 28 heavy (non-hydrogen) atoms. The van der Waals surface area contributed by atoms with Gasteiger partial charge in [0.05, 0.1) is 12.6 Å². The number of nitrogens with zero attached hydrogens (tertiary/aromatic N) is 2. The topological polar surface area (TPSA) is 77.0 Å². The van der Waals surface area contributed by atoms with E-state index in [0.29, 0.717) is 30.5 Å². The molecule has 1 aromatic rings. The minimum atomic E-state index is -0.792. The second-order valence-corrected chi connectivity index (χ2v) is 7.68.